The topological polar surface area (TPSA) is 97.6 Å². The number of carbonyl (C=O) groups excluding carboxylic acids is 2. The molecule has 1 aromatic heterocycles. The monoisotopic (exact) mass is 739 g/mol. The molecule has 3 aromatic carbocycles. The highest BCUT2D eigenvalue weighted by atomic mass is 32.2. The number of carbonyl (C=O) groups is 2. The molecular weight excluding hydrogens is 699 g/mol. The minimum absolute atomic E-state index is 0.164. The first kappa shape index (κ1) is 38.5. The lowest BCUT2D eigenvalue weighted by Crippen LogP contribution is -2.47. The van der Waals surface area contributed by atoms with Gasteiger partial charge in [0, 0.05) is 25.4 Å². The second-order valence-corrected chi connectivity index (χ2v) is 14.5. The fourth-order valence-electron chi connectivity index (χ4n) is 5.80. The van der Waals surface area contributed by atoms with E-state index in [1.165, 1.54) is 40.7 Å². The van der Waals surface area contributed by atoms with E-state index in [1.807, 2.05) is 12.1 Å². The molecule has 0 bridgehead atoms. The smallest absolute Gasteiger partial charge is 0.416 e. The molecule has 1 fully saturated rings. The first-order valence-corrected chi connectivity index (χ1v) is 18.0. The number of amides is 2. The van der Waals surface area contributed by atoms with Crippen molar-refractivity contribution in [3.63, 3.8) is 0 Å². The van der Waals surface area contributed by atoms with Gasteiger partial charge in [-0.3, -0.25) is 9.59 Å². The van der Waals surface area contributed by atoms with Crippen molar-refractivity contribution in [2.75, 3.05) is 13.1 Å². The van der Waals surface area contributed by atoms with Gasteiger partial charge in [-0.25, -0.2) is 13.9 Å². The lowest BCUT2D eigenvalue weighted by Gasteiger charge is -2.32. The summed E-state index contributed by atoms with van der Waals surface area (Å²) in [5.74, 6) is -0.340. The molecule has 0 radical (unpaired) electrons. The van der Waals surface area contributed by atoms with Gasteiger partial charge in [0.25, 0.3) is 5.56 Å². The zero-order valence-corrected chi connectivity index (χ0v) is 30.3. The summed E-state index contributed by atoms with van der Waals surface area (Å²) >= 11 is 1.21. The number of aryl methyl sites for hydroxylation is 1. The van der Waals surface area contributed by atoms with E-state index in [9.17, 15) is 31.9 Å². The van der Waals surface area contributed by atoms with Gasteiger partial charge in [0.1, 0.15) is 23.7 Å². The number of halogens is 4. The summed E-state index contributed by atoms with van der Waals surface area (Å²) in [5.41, 5.74) is 1.16. The fraction of sp³-hybridized carbons (Fsp3) is 0.395. The summed E-state index contributed by atoms with van der Waals surface area (Å²) in [7, 11) is 0. The third-order valence-corrected chi connectivity index (χ3v) is 9.51. The lowest BCUT2D eigenvalue weighted by atomic mass is 10.0. The average Bonchev–Trinajstić information content (AvgIpc) is 3.56. The summed E-state index contributed by atoms with van der Waals surface area (Å²) in [5, 5.41) is 4.72. The molecule has 1 atom stereocenters. The molecule has 1 unspecified atom stereocenters. The van der Waals surface area contributed by atoms with Crippen molar-refractivity contribution in [3.8, 4) is 11.1 Å². The molecular formula is C38H41F4N5O4S. The molecule has 4 aromatic rings. The standard InChI is InChI=1S/C38H41F4N5O4S/c1-5-32-34(49)43-35(52-24-26-10-18-30(39)19-11-26)47(44-32)23-33(48)45(22-31-7-6-20-46(31)36(50)51-37(2,3)4)21-25-8-12-27(13-9-25)28-14-16-29(17-15-28)38(40,41)42/h8-19,31H,5-7,20-24H2,1-4H3. The van der Waals surface area contributed by atoms with Crippen LogP contribution in [-0.2, 0) is 41.0 Å². The van der Waals surface area contributed by atoms with Gasteiger partial charge in [-0.1, -0.05) is 67.2 Å². The molecule has 2 amide bonds. The molecule has 2 heterocycles. The summed E-state index contributed by atoms with van der Waals surface area (Å²) in [6, 6.07) is 17.7. The maximum absolute atomic E-state index is 14.2. The van der Waals surface area contributed by atoms with Gasteiger partial charge in [-0.05, 0) is 86.6 Å². The Labute approximate surface area is 304 Å². The van der Waals surface area contributed by atoms with Crippen molar-refractivity contribution in [2.45, 2.75) is 88.8 Å². The van der Waals surface area contributed by atoms with Crippen molar-refractivity contribution in [1.82, 2.24) is 24.6 Å². The van der Waals surface area contributed by atoms with Crippen LogP contribution in [0.15, 0.2) is 82.7 Å². The molecule has 5 rings (SSSR count). The van der Waals surface area contributed by atoms with Crippen LogP contribution in [0.25, 0.3) is 11.1 Å². The minimum atomic E-state index is -4.43. The Hall–Kier alpha value is -4.72. The summed E-state index contributed by atoms with van der Waals surface area (Å²) in [4.78, 5) is 47.6. The third-order valence-electron chi connectivity index (χ3n) is 8.47. The zero-order chi connectivity index (χ0) is 37.6. The molecule has 0 spiro atoms. The fourth-order valence-corrected chi connectivity index (χ4v) is 6.69. The van der Waals surface area contributed by atoms with Crippen LogP contribution in [0.3, 0.4) is 0 Å². The molecule has 9 nitrogen and oxygen atoms in total. The predicted molar refractivity (Wildman–Crippen MR) is 190 cm³/mol. The Kier molecular flexibility index (Phi) is 12.1. The van der Waals surface area contributed by atoms with Crippen LogP contribution in [0.5, 0.6) is 0 Å². The maximum Gasteiger partial charge on any atom is 0.416 e. The molecule has 14 heteroatoms. The number of benzene rings is 3. The molecule has 52 heavy (non-hydrogen) atoms. The second-order valence-electron chi connectivity index (χ2n) is 13.6. The van der Waals surface area contributed by atoms with Crippen molar-refractivity contribution < 1.29 is 31.9 Å². The van der Waals surface area contributed by atoms with Gasteiger partial charge in [-0.15, -0.1) is 0 Å². The van der Waals surface area contributed by atoms with E-state index in [4.69, 9.17) is 4.74 Å². The number of alkyl halides is 3. The third kappa shape index (κ3) is 10.2. The van der Waals surface area contributed by atoms with E-state index in [0.29, 0.717) is 36.3 Å². The number of nitrogens with zero attached hydrogens (tertiary/aromatic N) is 5. The van der Waals surface area contributed by atoms with Crippen molar-refractivity contribution in [2.24, 2.45) is 0 Å². The van der Waals surface area contributed by atoms with Gasteiger partial charge in [0.2, 0.25) is 5.91 Å². The Balaban J connectivity index is 1.41. The van der Waals surface area contributed by atoms with Crippen LogP contribution in [0.1, 0.15) is 62.9 Å². The van der Waals surface area contributed by atoms with E-state index in [0.717, 1.165) is 29.7 Å². The predicted octanol–water partition coefficient (Wildman–Crippen LogP) is 7.75. The zero-order valence-electron chi connectivity index (χ0n) is 29.5. The highest BCUT2D eigenvalue weighted by Gasteiger charge is 2.35. The van der Waals surface area contributed by atoms with E-state index in [1.54, 1.807) is 61.8 Å². The van der Waals surface area contributed by atoms with Crippen molar-refractivity contribution >= 4 is 23.8 Å². The van der Waals surface area contributed by atoms with Gasteiger partial charge in [0.05, 0.1) is 11.6 Å². The molecule has 1 saturated heterocycles. The van der Waals surface area contributed by atoms with Crippen LogP contribution in [0.4, 0.5) is 22.4 Å². The molecule has 0 saturated carbocycles. The van der Waals surface area contributed by atoms with E-state index in [2.05, 4.69) is 10.1 Å². The highest BCUT2D eigenvalue weighted by molar-refractivity contribution is 7.98. The van der Waals surface area contributed by atoms with Crippen LogP contribution in [0.2, 0.25) is 0 Å². The van der Waals surface area contributed by atoms with Gasteiger partial charge < -0.3 is 14.5 Å². The van der Waals surface area contributed by atoms with E-state index >= 15 is 0 Å². The van der Waals surface area contributed by atoms with Gasteiger partial charge >= 0.3 is 12.3 Å². The van der Waals surface area contributed by atoms with Crippen LogP contribution < -0.4 is 5.56 Å². The number of thioether (sulfide) groups is 1. The number of hydrogen-bond donors (Lipinski definition) is 0. The SMILES string of the molecule is CCc1nn(CC(=O)N(Cc2ccc(-c3ccc(C(F)(F)F)cc3)cc2)CC2CCCN2C(=O)OC(C)(C)C)c(SCc2ccc(F)cc2)nc1=O. The number of ether oxygens (including phenoxy) is 1. The Morgan fingerprint density at radius 2 is 1.56 bits per heavy atom. The normalized spacial score (nSPS) is 14.8. The maximum atomic E-state index is 14.2. The minimum Gasteiger partial charge on any atom is -0.444 e. The van der Waals surface area contributed by atoms with Crippen LogP contribution in [0, 0.1) is 5.82 Å². The summed E-state index contributed by atoms with van der Waals surface area (Å²) in [6.45, 7) is 7.76. The second kappa shape index (κ2) is 16.3. The van der Waals surface area contributed by atoms with Crippen molar-refractivity contribution in [1.29, 1.82) is 0 Å². The van der Waals surface area contributed by atoms with Crippen molar-refractivity contribution in [3.05, 3.63) is 111 Å². The summed E-state index contributed by atoms with van der Waals surface area (Å²) in [6.07, 6.45) is -3.18. The van der Waals surface area contributed by atoms with Gasteiger partial charge in [0.15, 0.2) is 5.16 Å². The largest absolute Gasteiger partial charge is 0.444 e. The van der Waals surface area contributed by atoms with E-state index in [-0.39, 0.29) is 48.3 Å². The molecule has 1 aliphatic heterocycles. The molecule has 276 valence electrons. The van der Waals surface area contributed by atoms with Crippen LogP contribution >= 0.6 is 11.8 Å². The molecule has 0 N–H and O–H groups in total. The first-order valence-electron chi connectivity index (χ1n) is 17.0. The lowest BCUT2D eigenvalue weighted by molar-refractivity contribution is -0.137. The Bertz CT molecular complexity index is 1910. The number of hydrogen-bond acceptors (Lipinski definition) is 7. The number of likely N-dealkylation sites (tertiary alicyclic amines) is 1. The number of rotatable bonds is 11. The quantitative estimate of drug-likeness (QED) is 0.115. The molecule has 0 aliphatic carbocycles. The van der Waals surface area contributed by atoms with E-state index < -0.39 is 29.0 Å². The molecule has 1 aliphatic rings. The highest BCUT2D eigenvalue weighted by Crippen LogP contribution is 2.31. The first-order chi connectivity index (χ1) is 24.6. The van der Waals surface area contributed by atoms with Crippen LogP contribution in [-0.4, -0.2) is 61.3 Å². The van der Waals surface area contributed by atoms with Gasteiger partial charge in [-0.2, -0.15) is 23.3 Å². The summed E-state index contributed by atoms with van der Waals surface area (Å²) < 4.78 is 59.8. The number of aromatic nitrogens is 3. The average molecular weight is 740 g/mol. The Morgan fingerprint density at radius 1 is 0.942 bits per heavy atom. The Morgan fingerprint density at radius 3 is 2.15 bits per heavy atom.